The average Bonchev–Trinajstić information content (AvgIpc) is 2.51. The van der Waals surface area contributed by atoms with Crippen LogP contribution in [0.2, 0.25) is 0 Å². The highest BCUT2D eigenvalue weighted by molar-refractivity contribution is 14.0. The van der Waals surface area contributed by atoms with Crippen molar-refractivity contribution in [1.29, 1.82) is 0 Å². The Balaban J connectivity index is 0. The molecule has 0 atom stereocenters. The zero-order valence-corrected chi connectivity index (χ0v) is 19.8. The number of hydrogen-bond acceptors (Lipinski definition) is 4. The lowest BCUT2D eigenvalue weighted by molar-refractivity contribution is 0.173. The van der Waals surface area contributed by atoms with Crippen LogP contribution in [0.15, 0.2) is 4.99 Å². The zero-order valence-electron chi connectivity index (χ0n) is 16.6. The number of nitrogens with one attached hydrogen (secondary N) is 3. The van der Waals surface area contributed by atoms with Crippen LogP contribution >= 0.6 is 24.0 Å². The molecule has 0 fully saturated rings. The third kappa shape index (κ3) is 13.7. The van der Waals surface area contributed by atoms with Crippen LogP contribution in [0.3, 0.4) is 0 Å². The molecule has 0 aliphatic carbocycles. The lowest BCUT2D eigenvalue weighted by atomic mass is 10.2. The van der Waals surface area contributed by atoms with Gasteiger partial charge in [0.1, 0.15) is 0 Å². The maximum absolute atomic E-state index is 11.3. The van der Waals surface area contributed by atoms with Crippen LogP contribution in [0, 0.1) is 0 Å². The van der Waals surface area contributed by atoms with Crippen molar-refractivity contribution in [3.05, 3.63) is 0 Å². The van der Waals surface area contributed by atoms with E-state index < -0.39 is 10.0 Å². The van der Waals surface area contributed by atoms with E-state index in [0.29, 0.717) is 31.6 Å². The molecule has 0 heterocycles. The van der Waals surface area contributed by atoms with E-state index in [1.165, 1.54) is 0 Å². The molecule has 0 saturated carbocycles. The Morgan fingerprint density at radius 1 is 1.00 bits per heavy atom. The molecule has 152 valence electrons. The van der Waals surface area contributed by atoms with Crippen molar-refractivity contribution in [1.82, 2.24) is 20.3 Å². The molecule has 0 aromatic carbocycles. The Hall–Kier alpha value is -0.130. The monoisotopic (exact) mass is 491 g/mol. The van der Waals surface area contributed by atoms with Gasteiger partial charge in [-0.25, -0.2) is 13.1 Å². The van der Waals surface area contributed by atoms with Crippen molar-refractivity contribution in [3.63, 3.8) is 0 Å². The van der Waals surface area contributed by atoms with Gasteiger partial charge in [-0.05, 0) is 47.5 Å². The van der Waals surface area contributed by atoms with Crippen LogP contribution in [0.4, 0.5) is 0 Å². The first-order valence-electron chi connectivity index (χ1n) is 8.91. The molecule has 0 aromatic heterocycles. The van der Waals surface area contributed by atoms with Gasteiger partial charge in [-0.2, -0.15) is 0 Å². The Morgan fingerprint density at radius 3 is 1.96 bits per heavy atom. The molecule has 0 saturated heterocycles. The van der Waals surface area contributed by atoms with Crippen molar-refractivity contribution >= 4 is 40.0 Å². The summed E-state index contributed by atoms with van der Waals surface area (Å²) in [6.07, 6.45) is 1.77. The first kappa shape index (κ1) is 27.1. The van der Waals surface area contributed by atoms with Gasteiger partial charge in [-0.1, -0.05) is 0 Å². The van der Waals surface area contributed by atoms with Gasteiger partial charge in [0.25, 0.3) is 0 Å². The predicted molar refractivity (Wildman–Crippen MR) is 118 cm³/mol. The number of guanidine groups is 1. The van der Waals surface area contributed by atoms with Crippen LogP contribution in [-0.2, 0) is 10.0 Å². The molecule has 0 amide bonds. The summed E-state index contributed by atoms with van der Waals surface area (Å²) < 4.78 is 25.2. The third-order valence-electron chi connectivity index (χ3n) is 3.78. The minimum Gasteiger partial charge on any atom is -0.356 e. The fourth-order valence-corrected chi connectivity index (χ4v) is 3.09. The molecule has 0 unspecified atom stereocenters. The minimum absolute atomic E-state index is 0. The second-order valence-corrected chi connectivity index (χ2v) is 8.45. The van der Waals surface area contributed by atoms with E-state index in [1.54, 1.807) is 14.0 Å². The van der Waals surface area contributed by atoms with E-state index in [2.05, 4.69) is 52.9 Å². The van der Waals surface area contributed by atoms with Crippen molar-refractivity contribution in [2.45, 2.75) is 59.5 Å². The van der Waals surface area contributed by atoms with Gasteiger partial charge in [-0.15, -0.1) is 24.0 Å². The molecular formula is C16H38IN5O2S. The van der Waals surface area contributed by atoms with Crippen LogP contribution in [-0.4, -0.2) is 70.3 Å². The highest BCUT2D eigenvalue weighted by Gasteiger charge is 2.12. The van der Waals surface area contributed by atoms with Gasteiger partial charge < -0.3 is 10.6 Å². The lowest BCUT2D eigenvalue weighted by Gasteiger charge is -2.30. The number of rotatable bonds is 12. The molecule has 3 N–H and O–H groups in total. The molecule has 25 heavy (non-hydrogen) atoms. The maximum Gasteiger partial charge on any atom is 0.211 e. The van der Waals surface area contributed by atoms with E-state index in [4.69, 9.17) is 0 Å². The van der Waals surface area contributed by atoms with Crippen LogP contribution in [0.5, 0.6) is 0 Å². The van der Waals surface area contributed by atoms with E-state index in [0.717, 1.165) is 25.5 Å². The van der Waals surface area contributed by atoms with E-state index >= 15 is 0 Å². The Bertz CT molecular complexity index is 447. The quantitative estimate of drug-likeness (QED) is 0.167. The second kappa shape index (κ2) is 15.0. The van der Waals surface area contributed by atoms with Gasteiger partial charge in [0.15, 0.2) is 5.96 Å². The number of nitrogens with zero attached hydrogens (tertiary/aromatic N) is 2. The predicted octanol–water partition coefficient (Wildman–Crippen LogP) is 1.61. The van der Waals surface area contributed by atoms with Crippen molar-refractivity contribution in [2.24, 2.45) is 4.99 Å². The summed E-state index contributed by atoms with van der Waals surface area (Å²) in [6, 6.07) is 1.10. The minimum atomic E-state index is -3.09. The molecule has 0 radical (unpaired) electrons. The lowest BCUT2D eigenvalue weighted by Crippen LogP contribution is -2.42. The van der Waals surface area contributed by atoms with Crippen LogP contribution in [0.1, 0.15) is 47.5 Å². The number of hydrogen-bond donors (Lipinski definition) is 3. The largest absolute Gasteiger partial charge is 0.356 e. The Morgan fingerprint density at radius 2 is 1.52 bits per heavy atom. The van der Waals surface area contributed by atoms with Gasteiger partial charge in [0, 0.05) is 45.3 Å². The molecular weight excluding hydrogens is 453 g/mol. The molecule has 0 aliphatic rings. The van der Waals surface area contributed by atoms with Crippen molar-refractivity contribution in [2.75, 3.05) is 39.0 Å². The number of sulfonamides is 1. The zero-order chi connectivity index (χ0) is 18.6. The van der Waals surface area contributed by atoms with Gasteiger partial charge in [-0.3, -0.25) is 9.89 Å². The van der Waals surface area contributed by atoms with E-state index in [-0.39, 0.29) is 29.7 Å². The summed E-state index contributed by atoms with van der Waals surface area (Å²) in [5.74, 6) is 0.877. The third-order valence-corrected chi connectivity index (χ3v) is 5.19. The van der Waals surface area contributed by atoms with Crippen LogP contribution < -0.4 is 15.4 Å². The molecule has 0 aliphatic heterocycles. The van der Waals surface area contributed by atoms with Gasteiger partial charge in [0.05, 0.1) is 5.75 Å². The molecule has 0 aromatic rings. The molecule has 9 heteroatoms. The van der Waals surface area contributed by atoms with Crippen molar-refractivity contribution in [3.8, 4) is 0 Å². The van der Waals surface area contributed by atoms with E-state index in [1.807, 2.05) is 0 Å². The van der Waals surface area contributed by atoms with E-state index in [9.17, 15) is 8.42 Å². The Labute approximate surface area is 171 Å². The first-order chi connectivity index (χ1) is 11.2. The smallest absolute Gasteiger partial charge is 0.211 e. The highest BCUT2D eigenvalue weighted by atomic mass is 127. The van der Waals surface area contributed by atoms with Gasteiger partial charge >= 0.3 is 0 Å². The fraction of sp³-hybridized carbons (Fsp3) is 0.938. The first-order valence-corrected chi connectivity index (χ1v) is 10.6. The fourth-order valence-electron chi connectivity index (χ4n) is 2.43. The second-order valence-electron chi connectivity index (χ2n) is 6.36. The molecule has 0 spiro atoms. The summed E-state index contributed by atoms with van der Waals surface area (Å²) in [4.78, 5) is 6.65. The normalized spacial score (nSPS) is 12.6. The molecule has 7 nitrogen and oxygen atoms in total. The van der Waals surface area contributed by atoms with Gasteiger partial charge in [0.2, 0.25) is 10.0 Å². The SMILES string of the molecule is CCS(=O)(=O)NCCCNC(=NC)NCCCN(C(C)C)C(C)C.I. The summed E-state index contributed by atoms with van der Waals surface area (Å²) in [6.45, 7) is 13.6. The number of aliphatic imine (C=N–C) groups is 1. The maximum atomic E-state index is 11.3. The highest BCUT2D eigenvalue weighted by Crippen LogP contribution is 2.05. The Kier molecular flexibility index (Phi) is 16.2. The number of halogens is 1. The topological polar surface area (TPSA) is 85.8 Å². The summed E-state index contributed by atoms with van der Waals surface area (Å²) in [5, 5.41) is 6.49. The van der Waals surface area contributed by atoms with Crippen LogP contribution in [0.25, 0.3) is 0 Å². The summed E-state index contributed by atoms with van der Waals surface area (Å²) in [5.41, 5.74) is 0. The molecule has 0 rings (SSSR count). The molecule has 0 bridgehead atoms. The average molecular weight is 491 g/mol. The van der Waals surface area contributed by atoms with Crippen molar-refractivity contribution < 1.29 is 8.42 Å². The summed E-state index contributed by atoms with van der Waals surface area (Å²) in [7, 11) is -1.35. The standard InChI is InChI=1S/C16H37N5O2S.HI/c1-7-24(22,23)20-12-8-10-18-16(17-6)19-11-9-13-21(14(2)3)15(4)5;/h14-15,20H,7-13H2,1-6H3,(H2,17,18,19);1H. The summed E-state index contributed by atoms with van der Waals surface area (Å²) >= 11 is 0.